The molecule has 0 bridgehead atoms. The van der Waals surface area contributed by atoms with Gasteiger partial charge in [0.1, 0.15) is 0 Å². The van der Waals surface area contributed by atoms with Gasteiger partial charge < -0.3 is 10.1 Å². The average molecular weight is 239 g/mol. The van der Waals surface area contributed by atoms with E-state index in [1.165, 1.54) is 26.4 Å². The normalized spacial score (nSPS) is 25.0. The summed E-state index contributed by atoms with van der Waals surface area (Å²) in [5, 5.41) is 3.42. The topological polar surface area (TPSA) is 38.3 Å². The molecule has 3 nitrogen and oxygen atoms in total. The van der Waals surface area contributed by atoms with Gasteiger partial charge in [0.2, 0.25) is 0 Å². The van der Waals surface area contributed by atoms with Crippen molar-refractivity contribution in [3.05, 3.63) is 11.6 Å². The van der Waals surface area contributed by atoms with E-state index in [4.69, 9.17) is 4.74 Å². The largest absolute Gasteiger partial charge is 0.466 e. The van der Waals surface area contributed by atoms with Crippen molar-refractivity contribution in [3.63, 3.8) is 0 Å². The zero-order chi connectivity index (χ0) is 12.7. The van der Waals surface area contributed by atoms with Gasteiger partial charge in [0.25, 0.3) is 0 Å². The van der Waals surface area contributed by atoms with Crippen LogP contribution in [0.2, 0.25) is 0 Å². The molecule has 0 radical (unpaired) electrons. The fourth-order valence-electron chi connectivity index (χ4n) is 2.49. The highest BCUT2D eigenvalue weighted by molar-refractivity contribution is 5.88. The predicted octanol–water partition coefficient (Wildman–Crippen LogP) is 2.52. The van der Waals surface area contributed by atoms with Gasteiger partial charge >= 0.3 is 5.97 Å². The van der Waals surface area contributed by atoms with E-state index in [1.807, 2.05) is 13.0 Å². The van der Waals surface area contributed by atoms with Crippen LogP contribution in [-0.2, 0) is 9.53 Å². The van der Waals surface area contributed by atoms with Gasteiger partial charge in [-0.2, -0.15) is 0 Å². The Kier molecular flexibility index (Phi) is 6.27. The molecule has 0 aromatic heterocycles. The molecule has 0 aromatic rings. The summed E-state index contributed by atoms with van der Waals surface area (Å²) >= 11 is 0. The molecule has 0 aliphatic heterocycles. The van der Waals surface area contributed by atoms with Crippen molar-refractivity contribution < 1.29 is 9.53 Å². The number of nitrogens with one attached hydrogen (secondary N) is 1. The van der Waals surface area contributed by atoms with Crippen LogP contribution in [0.1, 0.15) is 39.5 Å². The molecule has 17 heavy (non-hydrogen) atoms. The summed E-state index contributed by atoms with van der Waals surface area (Å²) in [5.74, 6) is 1.45. The molecule has 3 heteroatoms. The monoisotopic (exact) mass is 239 g/mol. The second-order valence-electron chi connectivity index (χ2n) is 4.90. The summed E-state index contributed by atoms with van der Waals surface area (Å²) in [6, 6.07) is 0. The highest BCUT2D eigenvalue weighted by Gasteiger charge is 2.22. The minimum absolute atomic E-state index is 0.205. The van der Waals surface area contributed by atoms with Crippen molar-refractivity contribution in [2.24, 2.45) is 11.8 Å². The van der Waals surface area contributed by atoms with E-state index in [9.17, 15) is 4.79 Å². The molecule has 0 heterocycles. The molecule has 2 unspecified atom stereocenters. The number of hydrogen-bond acceptors (Lipinski definition) is 3. The van der Waals surface area contributed by atoms with Crippen molar-refractivity contribution in [3.8, 4) is 0 Å². The Morgan fingerprint density at radius 2 is 2.24 bits per heavy atom. The van der Waals surface area contributed by atoms with Gasteiger partial charge in [-0.05, 0) is 31.2 Å². The minimum Gasteiger partial charge on any atom is -0.466 e. The van der Waals surface area contributed by atoms with E-state index in [0.717, 1.165) is 36.9 Å². The van der Waals surface area contributed by atoms with Crippen LogP contribution in [0, 0.1) is 11.8 Å². The van der Waals surface area contributed by atoms with Gasteiger partial charge in [0, 0.05) is 12.1 Å². The number of rotatable bonds is 6. The van der Waals surface area contributed by atoms with Crippen LogP contribution >= 0.6 is 0 Å². The van der Waals surface area contributed by atoms with Crippen molar-refractivity contribution in [1.29, 1.82) is 0 Å². The molecule has 1 rings (SSSR count). The fourth-order valence-corrected chi connectivity index (χ4v) is 2.49. The quantitative estimate of drug-likeness (QED) is 0.440. The molecule has 1 fully saturated rings. The Bertz CT molecular complexity index is 273. The van der Waals surface area contributed by atoms with Crippen LogP contribution in [0.5, 0.6) is 0 Å². The summed E-state index contributed by atoms with van der Waals surface area (Å²) in [6.45, 7) is 6.14. The van der Waals surface area contributed by atoms with Crippen LogP contribution in [0.4, 0.5) is 0 Å². The third kappa shape index (κ3) is 4.50. The summed E-state index contributed by atoms with van der Waals surface area (Å²) in [7, 11) is 1.43. The van der Waals surface area contributed by atoms with E-state index < -0.39 is 0 Å². The number of carbonyl (C=O) groups is 1. The first-order valence-electron chi connectivity index (χ1n) is 6.67. The lowest BCUT2D eigenvalue weighted by Crippen LogP contribution is -2.24. The van der Waals surface area contributed by atoms with Crippen molar-refractivity contribution in [1.82, 2.24) is 5.32 Å². The summed E-state index contributed by atoms with van der Waals surface area (Å²) in [5.41, 5.74) is 0.763. The first-order valence-corrected chi connectivity index (χ1v) is 6.67. The molecule has 1 aliphatic carbocycles. The van der Waals surface area contributed by atoms with E-state index in [0.29, 0.717) is 0 Å². The number of hydrogen-bond donors (Lipinski definition) is 1. The van der Waals surface area contributed by atoms with Gasteiger partial charge in [-0.15, -0.1) is 0 Å². The Morgan fingerprint density at radius 3 is 2.76 bits per heavy atom. The summed E-state index contributed by atoms with van der Waals surface area (Å²) in [6.07, 6.45) is 6.76. The predicted molar refractivity (Wildman–Crippen MR) is 69.8 cm³/mol. The zero-order valence-corrected chi connectivity index (χ0v) is 11.3. The Labute approximate surface area is 105 Å². The maximum absolute atomic E-state index is 11.3. The molecule has 2 atom stereocenters. The minimum atomic E-state index is -0.205. The molecule has 0 aromatic carbocycles. The number of carbonyl (C=O) groups excluding carboxylic acids is 1. The first kappa shape index (κ1) is 14.2. The van der Waals surface area contributed by atoms with Crippen LogP contribution < -0.4 is 5.32 Å². The maximum Gasteiger partial charge on any atom is 0.333 e. The van der Waals surface area contributed by atoms with Crippen molar-refractivity contribution >= 4 is 5.97 Å². The standard InChI is InChI=1S/C14H25NO2/c1-4-12(14(16)17-3)8-9-15-10-13-7-5-6-11(13)2/h8,11,13,15H,4-7,9-10H2,1-3H3. The Balaban J connectivity index is 2.25. The molecular weight excluding hydrogens is 214 g/mol. The highest BCUT2D eigenvalue weighted by Crippen LogP contribution is 2.30. The van der Waals surface area contributed by atoms with Gasteiger partial charge in [0.05, 0.1) is 7.11 Å². The lowest BCUT2D eigenvalue weighted by molar-refractivity contribution is -0.136. The van der Waals surface area contributed by atoms with Crippen molar-refractivity contribution in [2.75, 3.05) is 20.2 Å². The van der Waals surface area contributed by atoms with E-state index >= 15 is 0 Å². The molecule has 0 amide bonds. The summed E-state index contributed by atoms with van der Waals surface area (Å²) in [4.78, 5) is 11.3. The van der Waals surface area contributed by atoms with Crippen LogP contribution in [-0.4, -0.2) is 26.2 Å². The molecule has 0 spiro atoms. The average Bonchev–Trinajstić information content (AvgIpc) is 2.74. The number of methoxy groups -OCH3 is 1. The smallest absolute Gasteiger partial charge is 0.333 e. The molecular formula is C14H25NO2. The number of ether oxygens (including phenoxy) is 1. The van der Waals surface area contributed by atoms with E-state index in [-0.39, 0.29) is 5.97 Å². The first-order chi connectivity index (χ1) is 8.19. The fraction of sp³-hybridized carbons (Fsp3) is 0.786. The second-order valence-corrected chi connectivity index (χ2v) is 4.90. The molecule has 98 valence electrons. The third-order valence-electron chi connectivity index (χ3n) is 3.77. The summed E-state index contributed by atoms with van der Waals surface area (Å²) < 4.78 is 4.72. The zero-order valence-electron chi connectivity index (χ0n) is 11.3. The SMILES string of the molecule is CCC(=CCNCC1CCCC1C)C(=O)OC. The van der Waals surface area contributed by atoms with E-state index in [1.54, 1.807) is 0 Å². The van der Waals surface area contributed by atoms with Crippen molar-refractivity contribution in [2.45, 2.75) is 39.5 Å². The van der Waals surface area contributed by atoms with E-state index in [2.05, 4.69) is 12.2 Å². The second kappa shape index (κ2) is 7.49. The Morgan fingerprint density at radius 1 is 1.47 bits per heavy atom. The lowest BCUT2D eigenvalue weighted by atomic mass is 9.98. The van der Waals surface area contributed by atoms with Gasteiger partial charge in [-0.3, -0.25) is 0 Å². The number of esters is 1. The van der Waals surface area contributed by atoms with Crippen LogP contribution in [0.3, 0.4) is 0 Å². The van der Waals surface area contributed by atoms with Crippen LogP contribution in [0.25, 0.3) is 0 Å². The lowest BCUT2D eigenvalue weighted by Gasteiger charge is -2.15. The molecule has 0 saturated heterocycles. The molecule has 1 aliphatic rings. The molecule has 1 saturated carbocycles. The Hall–Kier alpha value is -0.830. The van der Waals surface area contributed by atoms with Gasteiger partial charge in [-0.25, -0.2) is 4.79 Å². The van der Waals surface area contributed by atoms with Crippen LogP contribution in [0.15, 0.2) is 11.6 Å². The maximum atomic E-state index is 11.3. The third-order valence-corrected chi connectivity index (χ3v) is 3.77. The molecule has 1 N–H and O–H groups in total. The van der Waals surface area contributed by atoms with Gasteiger partial charge in [-0.1, -0.05) is 32.8 Å². The highest BCUT2D eigenvalue weighted by atomic mass is 16.5. The van der Waals surface area contributed by atoms with Gasteiger partial charge in [0.15, 0.2) is 0 Å².